The number of hydrogen-bond donors (Lipinski definition) is 3. The Kier molecular flexibility index (Phi) is 6.69. The summed E-state index contributed by atoms with van der Waals surface area (Å²) in [4.78, 5) is 18.0. The molecule has 158 valence electrons. The predicted octanol–water partition coefficient (Wildman–Crippen LogP) is 7.30. The summed E-state index contributed by atoms with van der Waals surface area (Å²) < 4.78 is 39.4. The number of hydrogen-bond acceptors (Lipinski definition) is 2. The monoisotopic (exact) mass is 576 g/mol. The van der Waals surface area contributed by atoms with E-state index in [1.54, 1.807) is 0 Å². The van der Waals surface area contributed by atoms with Crippen molar-refractivity contribution >= 4 is 52.1 Å². The Hall–Kier alpha value is -1.02. The van der Waals surface area contributed by atoms with Crippen LogP contribution >= 0.6 is 52.1 Å². The minimum atomic E-state index is -5.65. The summed E-state index contributed by atoms with van der Waals surface area (Å²) in [5, 5.41) is 0. The third-order valence-electron chi connectivity index (χ3n) is 4.85. The quantitative estimate of drug-likeness (QED) is 0.220. The van der Waals surface area contributed by atoms with Crippen LogP contribution in [0.15, 0.2) is 75.7 Å². The highest BCUT2D eigenvalue weighted by Gasteiger charge is 2.51. The molecular weight excluding hydrogens is 561 g/mol. The topological polar surface area (TPSA) is 57.5 Å². The first-order chi connectivity index (χ1) is 13.8. The summed E-state index contributed by atoms with van der Waals surface area (Å²) in [7, 11) is -5.65. The van der Waals surface area contributed by atoms with Gasteiger partial charge in [0.05, 0.1) is 4.75 Å². The van der Waals surface area contributed by atoms with Gasteiger partial charge < -0.3 is 9.79 Å². The summed E-state index contributed by atoms with van der Waals surface area (Å²) in [6.45, 7) is 1.83. The molecule has 3 nitrogen and oxygen atoms in total. The molecule has 0 aliphatic carbocycles. The van der Waals surface area contributed by atoms with Crippen LogP contribution in [0.5, 0.6) is 0 Å². The first-order valence-corrected chi connectivity index (χ1v) is 12.3. The highest BCUT2D eigenvalue weighted by atomic mass is 79.9. The molecule has 1 unspecified atom stereocenters. The van der Waals surface area contributed by atoms with Gasteiger partial charge in [-0.1, -0.05) is 80.4 Å². The molecule has 0 aliphatic rings. The predicted molar refractivity (Wildman–Crippen MR) is 125 cm³/mol. The van der Waals surface area contributed by atoms with E-state index in [0.29, 0.717) is 5.56 Å². The van der Waals surface area contributed by atoms with Crippen LogP contribution in [0.3, 0.4) is 0 Å². The van der Waals surface area contributed by atoms with Crippen LogP contribution in [0, 0.1) is 0 Å². The van der Waals surface area contributed by atoms with Gasteiger partial charge in [0.2, 0.25) is 0 Å². The van der Waals surface area contributed by atoms with Gasteiger partial charge in [-0.2, -0.15) is 21.4 Å². The van der Waals surface area contributed by atoms with Crippen molar-refractivity contribution in [2.24, 2.45) is 0 Å². The number of rotatable bonds is 5. The van der Waals surface area contributed by atoms with Gasteiger partial charge in [0.25, 0.3) is 0 Å². The lowest BCUT2D eigenvalue weighted by Gasteiger charge is -2.27. The second-order valence-electron chi connectivity index (χ2n) is 6.94. The molecular formula is C21H17Br2F2O3PS. The van der Waals surface area contributed by atoms with Gasteiger partial charge in [-0.15, -0.1) is 0 Å². The first kappa shape index (κ1) is 23.6. The molecule has 0 heterocycles. The summed E-state index contributed by atoms with van der Waals surface area (Å²) in [6, 6.07) is 19.5. The van der Waals surface area contributed by atoms with Crippen LogP contribution in [-0.2, 0) is 15.0 Å². The zero-order valence-electron chi connectivity index (χ0n) is 15.6. The molecule has 0 bridgehead atoms. The Morgan fingerprint density at radius 3 is 1.80 bits per heavy atom. The number of benzene rings is 3. The normalized spacial score (nSPS) is 14.4. The second-order valence-corrected chi connectivity index (χ2v) is 11.3. The lowest BCUT2D eigenvalue weighted by Crippen LogP contribution is -2.18. The molecule has 1 atom stereocenters. The number of thiol groups is 1. The van der Waals surface area contributed by atoms with E-state index >= 15 is 0 Å². The fourth-order valence-electron chi connectivity index (χ4n) is 3.01. The van der Waals surface area contributed by atoms with Crippen molar-refractivity contribution in [3.63, 3.8) is 0 Å². The van der Waals surface area contributed by atoms with Crippen LogP contribution < -0.4 is 0 Å². The zero-order valence-corrected chi connectivity index (χ0v) is 20.5. The average Bonchev–Trinajstić information content (AvgIpc) is 2.67. The van der Waals surface area contributed by atoms with E-state index in [9.17, 15) is 13.3 Å². The summed E-state index contributed by atoms with van der Waals surface area (Å²) >= 11 is 11.2. The lowest BCUT2D eigenvalue weighted by atomic mass is 9.90. The van der Waals surface area contributed by atoms with Gasteiger partial charge >= 0.3 is 13.3 Å². The largest absolute Gasteiger partial charge is 0.399 e. The highest BCUT2D eigenvalue weighted by molar-refractivity contribution is 9.10. The van der Waals surface area contributed by atoms with E-state index in [0.717, 1.165) is 27.2 Å². The molecule has 0 aliphatic heterocycles. The first-order valence-electron chi connectivity index (χ1n) is 8.67. The summed E-state index contributed by atoms with van der Waals surface area (Å²) in [6.07, 6.45) is 0. The Morgan fingerprint density at radius 1 is 0.867 bits per heavy atom. The minimum Gasteiger partial charge on any atom is -0.320 e. The average molecular weight is 578 g/mol. The molecule has 0 fully saturated rings. The number of alkyl halides is 2. The van der Waals surface area contributed by atoms with Gasteiger partial charge in [0.1, 0.15) is 0 Å². The molecule has 0 saturated carbocycles. The van der Waals surface area contributed by atoms with Crippen molar-refractivity contribution in [2.45, 2.75) is 17.3 Å². The fraction of sp³-hybridized carbons (Fsp3) is 0.143. The fourth-order valence-corrected chi connectivity index (χ4v) is 4.86. The minimum absolute atomic E-state index is 0.0971. The third kappa shape index (κ3) is 4.59. The Bertz CT molecular complexity index is 1110. The van der Waals surface area contributed by atoms with Crippen LogP contribution in [0.25, 0.3) is 11.1 Å². The SMILES string of the molecule is CC(S)(c1ccc(-c2ccc(Br)cc2)cc1)c1ccc(C(F)(F)P(=O)(O)O)c(Br)c1. The molecule has 0 radical (unpaired) electrons. The van der Waals surface area contributed by atoms with E-state index in [1.165, 1.54) is 12.1 Å². The maximum atomic E-state index is 14.1. The van der Waals surface area contributed by atoms with Crippen molar-refractivity contribution in [2.75, 3.05) is 0 Å². The lowest BCUT2D eigenvalue weighted by molar-refractivity contribution is 0.0557. The van der Waals surface area contributed by atoms with E-state index < -0.39 is 23.6 Å². The Labute approximate surface area is 195 Å². The standard InChI is InChI=1S/C21H17Br2F2O3PS/c1-20(30,15-6-2-13(3-7-15)14-4-9-17(22)10-5-14)16-8-11-18(19(23)12-16)21(24,25)29(26,27)28/h2-12,30H,1H3,(H2,26,27,28). The van der Waals surface area contributed by atoms with Gasteiger partial charge in [0, 0.05) is 14.5 Å². The third-order valence-corrected chi connectivity index (χ3v) is 7.52. The van der Waals surface area contributed by atoms with Crippen molar-refractivity contribution in [3.8, 4) is 11.1 Å². The Balaban J connectivity index is 1.94. The van der Waals surface area contributed by atoms with Crippen molar-refractivity contribution in [1.29, 1.82) is 0 Å². The highest BCUT2D eigenvalue weighted by Crippen LogP contribution is 2.60. The van der Waals surface area contributed by atoms with Gasteiger partial charge in [0.15, 0.2) is 0 Å². The van der Waals surface area contributed by atoms with Crippen LogP contribution in [0.1, 0.15) is 23.6 Å². The summed E-state index contributed by atoms with van der Waals surface area (Å²) in [5.41, 5.74) is -1.55. The molecule has 0 aromatic heterocycles. The molecule has 0 spiro atoms. The molecule has 0 saturated heterocycles. The number of halogens is 4. The maximum Gasteiger partial charge on any atom is 0.399 e. The molecule has 0 amide bonds. The molecule has 3 rings (SSSR count). The van der Waals surface area contributed by atoms with E-state index in [-0.39, 0.29) is 4.47 Å². The van der Waals surface area contributed by atoms with Crippen LogP contribution in [0.2, 0.25) is 0 Å². The Morgan fingerprint density at radius 2 is 1.33 bits per heavy atom. The summed E-state index contributed by atoms with van der Waals surface area (Å²) in [5.74, 6) is 0. The van der Waals surface area contributed by atoms with Crippen molar-refractivity contribution in [3.05, 3.63) is 92.4 Å². The molecule has 9 heteroatoms. The van der Waals surface area contributed by atoms with Crippen molar-refractivity contribution in [1.82, 2.24) is 0 Å². The van der Waals surface area contributed by atoms with Gasteiger partial charge in [-0.05, 0) is 47.4 Å². The van der Waals surface area contributed by atoms with Gasteiger partial charge in [-0.3, -0.25) is 4.57 Å². The molecule has 30 heavy (non-hydrogen) atoms. The molecule has 3 aromatic carbocycles. The maximum absolute atomic E-state index is 14.1. The zero-order chi connectivity index (χ0) is 22.3. The van der Waals surface area contributed by atoms with Crippen LogP contribution in [-0.4, -0.2) is 9.79 Å². The van der Waals surface area contributed by atoms with E-state index in [1.807, 2.05) is 55.5 Å². The smallest absolute Gasteiger partial charge is 0.320 e. The second kappa shape index (κ2) is 8.49. The van der Waals surface area contributed by atoms with Gasteiger partial charge in [-0.25, -0.2) is 0 Å². The van der Waals surface area contributed by atoms with E-state index in [2.05, 4.69) is 31.9 Å². The molecule has 2 N–H and O–H groups in total. The molecule has 3 aromatic rings. The van der Waals surface area contributed by atoms with E-state index in [4.69, 9.17) is 22.4 Å². The van der Waals surface area contributed by atoms with Crippen LogP contribution in [0.4, 0.5) is 8.78 Å². The van der Waals surface area contributed by atoms with Crippen molar-refractivity contribution < 1.29 is 23.1 Å².